The van der Waals surface area contributed by atoms with Crippen LogP contribution in [0, 0.1) is 0 Å². The highest BCUT2D eigenvalue weighted by Crippen LogP contribution is 2.40. The third kappa shape index (κ3) is 1.93. The Morgan fingerprint density at radius 2 is 2.00 bits per heavy atom. The van der Waals surface area contributed by atoms with E-state index in [1.807, 2.05) is 6.07 Å². The van der Waals surface area contributed by atoms with Gasteiger partial charge in [0, 0.05) is 5.56 Å². The maximum Gasteiger partial charge on any atom is 0.178 e. The van der Waals surface area contributed by atoms with Crippen molar-refractivity contribution in [1.29, 1.82) is 0 Å². The zero-order valence-corrected chi connectivity index (χ0v) is 9.34. The van der Waals surface area contributed by atoms with E-state index < -0.39 is 0 Å². The molecule has 0 aromatic carbocycles. The number of hydrogen-bond donors (Lipinski definition) is 0. The van der Waals surface area contributed by atoms with Gasteiger partial charge in [-0.15, -0.1) is 0 Å². The molecule has 0 bridgehead atoms. The molecule has 68 valence electrons. The number of halogens is 1. The van der Waals surface area contributed by atoms with Crippen LogP contribution in [0.15, 0.2) is 6.07 Å². The van der Waals surface area contributed by atoms with Crippen molar-refractivity contribution in [2.24, 2.45) is 0 Å². The smallest absolute Gasteiger partial charge is 0.178 e. The molecule has 3 heteroatoms. The van der Waals surface area contributed by atoms with Crippen molar-refractivity contribution >= 4 is 22.9 Å². The van der Waals surface area contributed by atoms with Gasteiger partial charge in [0.25, 0.3) is 0 Å². The molecule has 0 spiro atoms. The van der Waals surface area contributed by atoms with Crippen molar-refractivity contribution < 1.29 is 4.74 Å². The maximum absolute atomic E-state index is 5.89. The van der Waals surface area contributed by atoms with Crippen molar-refractivity contribution in [1.82, 2.24) is 0 Å². The minimum Gasteiger partial charge on any atom is -0.487 e. The second kappa shape index (κ2) is 3.27. The number of hydrogen-bond acceptors (Lipinski definition) is 2. The Hall–Kier alpha value is -0.210. The van der Waals surface area contributed by atoms with Crippen LogP contribution in [0.1, 0.15) is 26.3 Å². The summed E-state index contributed by atoms with van der Waals surface area (Å²) in [6.45, 7) is 6.44. The lowest BCUT2D eigenvalue weighted by Crippen LogP contribution is -2.10. The lowest BCUT2D eigenvalue weighted by atomic mass is 9.89. The molecule has 1 aromatic heterocycles. The van der Waals surface area contributed by atoms with Crippen molar-refractivity contribution in [3.8, 4) is 5.06 Å². The Morgan fingerprint density at radius 1 is 1.42 bits per heavy atom. The zero-order valence-electron chi connectivity index (χ0n) is 7.77. The van der Waals surface area contributed by atoms with Crippen LogP contribution >= 0.6 is 22.9 Å². The minimum absolute atomic E-state index is 0.106. The van der Waals surface area contributed by atoms with E-state index in [0.717, 1.165) is 9.40 Å². The Balaban J connectivity index is 3.13. The first kappa shape index (κ1) is 9.87. The van der Waals surface area contributed by atoms with Gasteiger partial charge in [-0.05, 0) is 11.5 Å². The van der Waals surface area contributed by atoms with Crippen LogP contribution in [0.4, 0.5) is 0 Å². The first-order valence-electron chi connectivity index (χ1n) is 3.79. The van der Waals surface area contributed by atoms with Gasteiger partial charge in [-0.3, -0.25) is 0 Å². The topological polar surface area (TPSA) is 9.23 Å². The molecular formula is C9H13ClOS. The van der Waals surface area contributed by atoms with E-state index in [2.05, 4.69) is 20.8 Å². The standard InChI is InChI=1S/C9H13ClOS/c1-9(2,3)6-5-7(10)12-8(6)11-4/h5H,1-4H3. The summed E-state index contributed by atoms with van der Waals surface area (Å²) in [4.78, 5) is 0. The van der Waals surface area contributed by atoms with Crippen LogP contribution in [0.2, 0.25) is 4.34 Å². The lowest BCUT2D eigenvalue weighted by molar-refractivity contribution is 0.410. The molecule has 1 nitrogen and oxygen atoms in total. The van der Waals surface area contributed by atoms with Crippen molar-refractivity contribution in [2.45, 2.75) is 26.2 Å². The molecular weight excluding hydrogens is 192 g/mol. The van der Waals surface area contributed by atoms with Crippen molar-refractivity contribution in [2.75, 3.05) is 7.11 Å². The fourth-order valence-electron chi connectivity index (χ4n) is 1.02. The van der Waals surface area contributed by atoms with E-state index in [1.54, 1.807) is 7.11 Å². The number of ether oxygens (including phenoxy) is 1. The molecule has 0 atom stereocenters. The molecule has 0 amide bonds. The van der Waals surface area contributed by atoms with Crippen molar-refractivity contribution in [3.63, 3.8) is 0 Å². The molecule has 1 aromatic rings. The summed E-state index contributed by atoms with van der Waals surface area (Å²) in [5.41, 5.74) is 1.29. The zero-order chi connectivity index (χ0) is 9.35. The largest absolute Gasteiger partial charge is 0.487 e. The molecule has 0 aliphatic heterocycles. The highest BCUT2D eigenvalue weighted by Gasteiger charge is 2.21. The van der Waals surface area contributed by atoms with Crippen LogP contribution in [0.3, 0.4) is 0 Å². The monoisotopic (exact) mass is 204 g/mol. The van der Waals surface area contributed by atoms with Gasteiger partial charge in [-0.25, -0.2) is 0 Å². The Morgan fingerprint density at radius 3 is 2.33 bits per heavy atom. The predicted molar refractivity (Wildman–Crippen MR) is 54.6 cm³/mol. The Bertz CT molecular complexity index is 273. The average Bonchev–Trinajstić information content (AvgIpc) is 2.29. The number of rotatable bonds is 1. The first-order chi connectivity index (χ1) is 5.45. The fourth-order valence-corrected chi connectivity index (χ4v) is 2.25. The molecule has 0 N–H and O–H groups in total. The second-order valence-electron chi connectivity index (χ2n) is 3.71. The predicted octanol–water partition coefficient (Wildman–Crippen LogP) is 3.71. The quantitative estimate of drug-likeness (QED) is 0.678. The highest BCUT2D eigenvalue weighted by atomic mass is 35.5. The Labute approximate surface area is 82.3 Å². The third-order valence-electron chi connectivity index (χ3n) is 1.66. The molecule has 0 aliphatic carbocycles. The Kier molecular flexibility index (Phi) is 2.69. The number of methoxy groups -OCH3 is 1. The molecule has 0 unspecified atom stereocenters. The van der Waals surface area contributed by atoms with Crippen LogP contribution in [-0.4, -0.2) is 7.11 Å². The van der Waals surface area contributed by atoms with Gasteiger partial charge in [0.2, 0.25) is 0 Å². The van der Waals surface area contributed by atoms with Crippen LogP contribution in [0.5, 0.6) is 5.06 Å². The van der Waals surface area contributed by atoms with Gasteiger partial charge in [-0.1, -0.05) is 43.7 Å². The second-order valence-corrected chi connectivity index (χ2v) is 5.35. The van der Waals surface area contributed by atoms with Gasteiger partial charge in [-0.2, -0.15) is 0 Å². The summed E-state index contributed by atoms with van der Waals surface area (Å²) >= 11 is 7.37. The van der Waals surface area contributed by atoms with E-state index in [0.29, 0.717) is 0 Å². The molecule has 0 fully saturated rings. The summed E-state index contributed by atoms with van der Waals surface area (Å²) in [6, 6.07) is 1.98. The summed E-state index contributed by atoms with van der Waals surface area (Å²) in [5, 5.41) is 0.924. The molecule has 1 rings (SSSR count). The minimum atomic E-state index is 0.106. The van der Waals surface area contributed by atoms with E-state index in [-0.39, 0.29) is 5.41 Å². The first-order valence-corrected chi connectivity index (χ1v) is 4.98. The molecule has 0 saturated heterocycles. The average molecular weight is 205 g/mol. The van der Waals surface area contributed by atoms with Gasteiger partial charge in [0.1, 0.15) is 0 Å². The third-order valence-corrected chi connectivity index (χ3v) is 2.89. The normalized spacial score (nSPS) is 11.8. The van der Waals surface area contributed by atoms with E-state index in [9.17, 15) is 0 Å². The maximum atomic E-state index is 5.89. The van der Waals surface area contributed by atoms with E-state index in [4.69, 9.17) is 16.3 Å². The summed E-state index contributed by atoms with van der Waals surface area (Å²) in [6.07, 6.45) is 0. The van der Waals surface area contributed by atoms with E-state index in [1.165, 1.54) is 16.9 Å². The van der Waals surface area contributed by atoms with Crippen molar-refractivity contribution in [3.05, 3.63) is 16.0 Å². The molecule has 12 heavy (non-hydrogen) atoms. The highest BCUT2D eigenvalue weighted by molar-refractivity contribution is 7.18. The van der Waals surface area contributed by atoms with Gasteiger partial charge >= 0.3 is 0 Å². The van der Waals surface area contributed by atoms with E-state index >= 15 is 0 Å². The van der Waals surface area contributed by atoms with Gasteiger partial charge in [0.05, 0.1) is 11.4 Å². The SMILES string of the molecule is COc1sc(Cl)cc1C(C)(C)C. The van der Waals surface area contributed by atoms with Crippen LogP contribution < -0.4 is 4.74 Å². The van der Waals surface area contributed by atoms with Gasteiger partial charge in [0.15, 0.2) is 5.06 Å². The van der Waals surface area contributed by atoms with Gasteiger partial charge < -0.3 is 4.74 Å². The molecule has 0 saturated carbocycles. The summed E-state index contributed by atoms with van der Waals surface area (Å²) in [5.74, 6) is 0. The molecule has 1 heterocycles. The van der Waals surface area contributed by atoms with Crippen LogP contribution in [0.25, 0.3) is 0 Å². The fraction of sp³-hybridized carbons (Fsp3) is 0.556. The summed E-state index contributed by atoms with van der Waals surface area (Å²) in [7, 11) is 1.68. The molecule has 0 radical (unpaired) electrons. The lowest BCUT2D eigenvalue weighted by Gasteiger charge is -2.17. The van der Waals surface area contributed by atoms with Crippen LogP contribution in [-0.2, 0) is 5.41 Å². The number of thiophene rings is 1. The summed E-state index contributed by atoms with van der Waals surface area (Å²) < 4.78 is 6.02. The molecule has 0 aliphatic rings.